The van der Waals surface area contributed by atoms with Gasteiger partial charge in [-0.2, -0.15) is 0 Å². The molecule has 0 spiro atoms. The number of pyridine rings is 1. The molecular formula is C15H17N5O2. The van der Waals surface area contributed by atoms with Gasteiger partial charge in [-0.3, -0.25) is 9.78 Å². The molecule has 0 radical (unpaired) electrons. The average molecular weight is 299 g/mol. The van der Waals surface area contributed by atoms with Gasteiger partial charge in [0.05, 0.1) is 6.20 Å². The molecule has 1 aliphatic rings. The number of aromatic nitrogens is 3. The average Bonchev–Trinajstić information content (AvgIpc) is 3.09. The standard InChI is InChI=1S/C15H17N5O2/c21-15(10-22-12-4-3-5-16-9-12)19-13-8-14(18-11-17-13)20-6-1-2-7-20/h3-5,8-9,11H,1-2,6-7,10H2,(H,17,18,19,21). The van der Waals surface area contributed by atoms with Gasteiger partial charge in [0, 0.05) is 25.4 Å². The van der Waals surface area contributed by atoms with Crippen LogP contribution >= 0.6 is 0 Å². The van der Waals surface area contributed by atoms with Crippen LogP contribution in [0.4, 0.5) is 11.6 Å². The predicted octanol–water partition coefficient (Wildman–Crippen LogP) is 1.49. The van der Waals surface area contributed by atoms with Crippen LogP contribution in [0.15, 0.2) is 36.9 Å². The fourth-order valence-electron chi connectivity index (χ4n) is 2.29. The summed E-state index contributed by atoms with van der Waals surface area (Å²) in [5, 5.41) is 2.71. The molecule has 7 heteroatoms. The summed E-state index contributed by atoms with van der Waals surface area (Å²) in [5.74, 6) is 1.61. The number of ether oxygens (including phenoxy) is 1. The Labute approximate surface area is 128 Å². The molecule has 3 rings (SSSR count). The van der Waals surface area contributed by atoms with Crippen LogP contribution in [0, 0.1) is 0 Å². The number of anilines is 2. The number of hydrogen-bond acceptors (Lipinski definition) is 6. The van der Waals surface area contributed by atoms with E-state index in [2.05, 4.69) is 25.2 Å². The molecule has 22 heavy (non-hydrogen) atoms. The van der Waals surface area contributed by atoms with Gasteiger partial charge in [-0.1, -0.05) is 0 Å². The van der Waals surface area contributed by atoms with Crippen molar-refractivity contribution in [1.29, 1.82) is 0 Å². The van der Waals surface area contributed by atoms with Gasteiger partial charge >= 0.3 is 0 Å². The number of nitrogens with one attached hydrogen (secondary N) is 1. The molecule has 2 aromatic rings. The van der Waals surface area contributed by atoms with E-state index in [9.17, 15) is 4.79 Å². The van der Waals surface area contributed by atoms with Crippen LogP contribution in [0.5, 0.6) is 5.75 Å². The lowest BCUT2D eigenvalue weighted by molar-refractivity contribution is -0.118. The number of amides is 1. The molecule has 0 atom stereocenters. The molecule has 0 aliphatic carbocycles. The quantitative estimate of drug-likeness (QED) is 0.901. The molecule has 2 aromatic heterocycles. The van der Waals surface area contributed by atoms with E-state index in [4.69, 9.17) is 4.74 Å². The minimum absolute atomic E-state index is 0.0885. The predicted molar refractivity (Wildman–Crippen MR) is 81.8 cm³/mol. The van der Waals surface area contributed by atoms with E-state index in [-0.39, 0.29) is 12.5 Å². The molecule has 1 aliphatic heterocycles. The Morgan fingerprint density at radius 1 is 1.32 bits per heavy atom. The minimum Gasteiger partial charge on any atom is -0.482 e. The van der Waals surface area contributed by atoms with Gasteiger partial charge in [0.25, 0.3) is 5.91 Å². The summed E-state index contributed by atoms with van der Waals surface area (Å²) in [6.07, 6.45) is 7.01. The first-order valence-electron chi connectivity index (χ1n) is 7.21. The van der Waals surface area contributed by atoms with Crippen molar-refractivity contribution in [3.63, 3.8) is 0 Å². The first kappa shape index (κ1) is 14.2. The van der Waals surface area contributed by atoms with Crippen LogP contribution in [-0.4, -0.2) is 40.6 Å². The fraction of sp³-hybridized carbons (Fsp3) is 0.333. The Morgan fingerprint density at radius 2 is 2.18 bits per heavy atom. The van der Waals surface area contributed by atoms with Gasteiger partial charge in [-0.25, -0.2) is 9.97 Å². The first-order valence-corrected chi connectivity index (χ1v) is 7.21. The van der Waals surface area contributed by atoms with Crippen LogP contribution in [0.1, 0.15) is 12.8 Å². The van der Waals surface area contributed by atoms with Crippen molar-refractivity contribution in [3.05, 3.63) is 36.9 Å². The minimum atomic E-state index is -0.269. The molecule has 114 valence electrons. The van der Waals surface area contributed by atoms with Gasteiger partial charge < -0.3 is 15.0 Å². The zero-order valence-electron chi connectivity index (χ0n) is 12.1. The van der Waals surface area contributed by atoms with Gasteiger partial charge in [-0.15, -0.1) is 0 Å². The molecule has 1 N–H and O–H groups in total. The zero-order chi connectivity index (χ0) is 15.2. The highest BCUT2D eigenvalue weighted by atomic mass is 16.5. The van der Waals surface area contributed by atoms with Crippen LogP contribution < -0.4 is 15.0 Å². The highest BCUT2D eigenvalue weighted by Crippen LogP contribution is 2.19. The maximum Gasteiger partial charge on any atom is 0.263 e. The number of carbonyl (C=O) groups excluding carboxylic acids is 1. The van der Waals surface area contributed by atoms with E-state index in [1.807, 2.05) is 0 Å². The lowest BCUT2D eigenvalue weighted by Crippen LogP contribution is -2.22. The van der Waals surface area contributed by atoms with E-state index in [1.165, 1.54) is 19.2 Å². The van der Waals surface area contributed by atoms with E-state index in [1.54, 1.807) is 30.6 Å². The molecule has 0 bridgehead atoms. The van der Waals surface area contributed by atoms with Crippen molar-refractivity contribution in [2.45, 2.75) is 12.8 Å². The van der Waals surface area contributed by atoms with Crippen molar-refractivity contribution >= 4 is 17.5 Å². The Kier molecular flexibility index (Phi) is 4.43. The molecule has 0 saturated carbocycles. The molecular weight excluding hydrogens is 282 g/mol. The summed E-state index contributed by atoms with van der Waals surface area (Å²) in [7, 11) is 0. The Bertz CT molecular complexity index is 629. The summed E-state index contributed by atoms with van der Waals surface area (Å²) < 4.78 is 5.34. The molecule has 7 nitrogen and oxygen atoms in total. The van der Waals surface area contributed by atoms with Crippen molar-refractivity contribution in [2.75, 3.05) is 29.9 Å². The molecule has 1 amide bonds. The van der Waals surface area contributed by atoms with Crippen LogP contribution in [0.25, 0.3) is 0 Å². The second-order valence-electron chi connectivity index (χ2n) is 4.98. The number of rotatable bonds is 5. The summed E-state index contributed by atoms with van der Waals surface area (Å²) in [4.78, 5) is 26.3. The normalized spacial score (nSPS) is 13.9. The van der Waals surface area contributed by atoms with Crippen molar-refractivity contribution in [2.24, 2.45) is 0 Å². The first-order chi connectivity index (χ1) is 10.8. The van der Waals surface area contributed by atoms with Crippen LogP contribution in [-0.2, 0) is 4.79 Å². The second kappa shape index (κ2) is 6.84. The number of carbonyl (C=O) groups is 1. The van der Waals surface area contributed by atoms with Gasteiger partial charge in [0.1, 0.15) is 23.7 Å². The van der Waals surface area contributed by atoms with E-state index in [0.717, 1.165) is 18.9 Å². The van der Waals surface area contributed by atoms with Crippen molar-refractivity contribution < 1.29 is 9.53 Å². The summed E-state index contributed by atoms with van der Waals surface area (Å²) in [6.45, 7) is 1.90. The summed E-state index contributed by atoms with van der Waals surface area (Å²) in [6, 6.07) is 5.28. The van der Waals surface area contributed by atoms with Crippen LogP contribution in [0.2, 0.25) is 0 Å². The summed E-state index contributed by atoms with van der Waals surface area (Å²) >= 11 is 0. The van der Waals surface area contributed by atoms with Gasteiger partial charge in [0.15, 0.2) is 6.61 Å². The zero-order valence-corrected chi connectivity index (χ0v) is 12.1. The lowest BCUT2D eigenvalue weighted by Gasteiger charge is -2.16. The van der Waals surface area contributed by atoms with Crippen molar-refractivity contribution in [1.82, 2.24) is 15.0 Å². The Balaban J connectivity index is 1.56. The maximum absolute atomic E-state index is 11.9. The van der Waals surface area contributed by atoms with E-state index >= 15 is 0 Å². The largest absolute Gasteiger partial charge is 0.482 e. The van der Waals surface area contributed by atoms with Crippen LogP contribution in [0.3, 0.4) is 0 Å². The maximum atomic E-state index is 11.9. The van der Waals surface area contributed by atoms with Gasteiger partial charge in [0.2, 0.25) is 0 Å². The summed E-state index contributed by atoms with van der Waals surface area (Å²) in [5.41, 5.74) is 0. The topological polar surface area (TPSA) is 80.2 Å². The molecule has 3 heterocycles. The number of nitrogens with zero attached hydrogens (tertiary/aromatic N) is 4. The smallest absolute Gasteiger partial charge is 0.263 e. The number of hydrogen-bond donors (Lipinski definition) is 1. The highest BCUT2D eigenvalue weighted by molar-refractivity contribution is 5.91. The fourth-order valence-corrected chi connectivity index (χ4v) is 2.29. The second-order valence-corrected chi connectivity index (χ2v) is 4.98. The molecule has 1 fully saturated rings. The third-order valence-electron chi connectivity index (χ3n) is 3.35. The Morgan fingerprint density at radius 3 is 2.95 bits per heavy atom. The molecule has 1 saturated heterocycles. The third-order valence-corrected chi connectivity index (χ3v) is 3.35. The van der Waals surface area contributed by atoms with Gasteiger partial charge in [-0.05, 0) is 25.0 Å². The Hall–Kier alpha value is -2.70. The lowest BCUT2D eigenvalue weighted by atomic mass is 10.4. The third kappa shape index (κ3) is 3.69. The molecule has 0 aromatic carbocycles. The monoisotopic (exact) mass is 299 g/mol. The highest BCUT2D eigenvalue weighted by Gasteiger charge is 2.14. The van der Waals surface area contributed by atoms with E-state index < -0.39 is 0 Å². The van der Waals surface area contributed by atoms with Crippen molar-refractivity contribution in [3.8, 4) is 5.75 Å². The SMILES string of the molecule is O=C(COc1cccnc1)Nc1cc(N2CCCC2)ncn1. The molecule has 0 unspecified atom stereocenters. The van der Waals surface area contributed by atoms with E-state index in [0.29, 0.717) is 11.6 Å².